The maximum Gasteiger partial charge on any atom is 0.339 e. The third kappa shape index (κ3) is 3.20. The average molecular weight is 349 g/mol. The monoisotopic (exact) mass is 349 g/mol. The molecule has 5 nitrogen and oxygen atoms in total. The van der Waals surface area contributed by atoms with E-state index >= 15 is 0 Å². The highest BCUT2D eigenvalue weighted by atomic mass is 32.2. The molecule has 1 aromatic heterocycles. The predicted molar refractivity (Wildman–Crippen MR) is 91.8 cm³/mol. The number of carbonyl (C=O) groups excluding carboxylic acids is 1. The number of thioether (sulfide) groups is 1. The lowest BCUT2D eigenvalue weighted by Gasteiger charge is -2.21. The Bertz CT molecular complexity index is 756. The number of hydrogen-bond donors (Lipinski definition) is 2. The number of hydrogen-bond acceptors (Lipinski definition) is 5. The topological polar surface area (TPSA) is 75.6 Å². The maximum absolute atomic E-state index is 12.6. The van der Waals surface area contributed by atoms with Crippen molar-refractivity contribution >= 4 is 40.7 Å². The molecule has 0 saturated carbocycles. The zero-order chi connectivity index (χ0) is 16.4. The summed E-state index contributed by atoms with van der Waals surface area (Å²) in [6.07, 6.45) is 1.00. The van der Waals surface area contributed by atoms with Gasteiger partial charge in [0.05, 0.1) is 7.11 Å². The molecule has 2 N–H and O–H groups in total. The zero-order valence-electron chi connectivity index (χ0n) is 12.4. The van der Waals surface area contributed by atoms with Crippen LogP contribution in [-0.4, -0.2) is 29.8 Å². The van der Waals surface area contributed by atoms with Crippen LogP contribution in [0, 0.1) is 0 Å². The van der Waals surface area contributed by atoms with Gasteiger partial charge in [0.1, 0.15) is 16.6 Å². The van der Waals surface area contributed by atoms with E-state index in [-0.39, 0.29) is 22.5 Å². The first-order chi connectivity index (χ1) is 11.1. The van der Waals surface area contributed by atoms with E-state index in [9.17, 15) is 9.59 Å². The number of thiophene rings is 1. The molecule has 0 bridgehead atoms. The van der Waals surface area contributed by atoms with E-state index in [0.29, 0.717) is 5.69 Å². The number of benzene rings is 1. The molecule has 0 aliphatic carbocycles. The number of anilines is 1. The Kier molecular flexibility index (Phi) is 4.58. The van der Waals surface area contributed by atoms with Gasteiger partial charge < -0.3 is 15.2 Å². The molecular formula is C16H15NO4S2. The molecule has 0 saturated heterocycles. The first kappa shape index (κ1) is 15.9. The molecule has 1 unspecified atom stereocenters. The second-order valence-electron chi connectivity index (χ2n) is 5.01. The summed E-state index contributed by atoms with van der Waals surface area (Å²) in [4.78, 5) is 24.9. The van der Waals surface area contributed by atoms with Gasteiger partial charge in [0, 0.05) is 16.6 Å². The van der Waals surface area contributed by atoms with Crippen LogP contribution >= 0.6 is 23.1 Å². The van der Waals surface area contributed by atoms with Gasteiger partial charge in [-0.05, 0) is 41.3 Å². The van der Waals surface area contributed by atoms with E-state index in [1.165, 1.54) is 24.1 Å². The number of amides is 1. The Morgan fingerprint density at radius 1 is 1.35 bits per heavy atom. The summed E-state index contributed by atoms with van der Waals surface area (Å²) in [5, 5.41) is 13.7. The fraction of sp³-hybridized carbons (Fsp3) is 0.250. The Morgan fingerprint density at radius 3 is 2.91 bits per heavy atom. The van der Waals surface area contributed by atoms with E-state index in [0.717, 1.165) is 17.7 Å². The minimum atomic E-state index is -1.06. The molecule has 1 aliphatic rings. The van der Waals surface area contributed by atoms with Crippen LogP contribution in [0.25, 0.3) is 0 Å². The number of carboxylic acid groups (broad SMARTS) is 1. The SMILES string of the molecule is COc1cc(NC(=O)C2SCCc3sccc32)ccc1C(=O)O. The minimum absolute atomic E-state index is 0.0673. The lowest BCUT2D eigenvalue weighted by molar-refractivity contribution is -0.115. The van der Waals surface area contributed by atoms with Gasteiger partial charge in [0.25, 0.3) is 0 Å². The first-order valence-electron chi connectivity index (χ1n) is 7.00. The van der Waals surface area contributed by atoms with Gasteiger partial charge in [-0.3, -0.25) is 4.79 Å². The molecule has 2 heterocycles. The van der Waals surface area contributed by atoms with Crippen LogP contribution in [-0.2, 0) is 11.2 Å². The van der Waals surface area contributed by atoms with E-state index in [1.807, 2.05) is 11.4 Å². The van der Waals surface area contributed by atoms with Gasteiger partial charge in [0.2, 0.25) is 5.91 Å². The van der Waals surface area contributed by atoms with Crippen molar-refractivity contribution < 1.29 is 19.4 Å². The zero-order valence-corrected chi connectivity index (χ0v) is 14.0. The van der Waals surface area contributed by atoms with Crippen LogP contribution in [0.5, 0.6) is 5.75 Å². The largest absolute Gasteiger partial charge is 0.496 e. The van der Waals surface area contributed by atoms with Gasteiger partial charge in [-0.2, -0.15) is 0 Å². The van der Waals surface area contributed by atoms with Crippen molar-refractivity contribution in [1.29, 1.82) is 0 Å². The third-order valence-electron chi connectivity index (χ3n) is 3.61. The number of aromatic carboxylic acids is 1. The van der Waals surface area contributed by atoms with Crippen LogP contribution < -0.4 is 10.1 Å². The highest BCUT2D eigenvalue weighted by molar-refractivity contribution is 8.00. The fourth-order valence-corrected chi connectivity index (χ4v) is 4.81. The standard InChI is InChI=1S/C16H15NO4S2/c1-21-12-8-9(2-3-10(12)16(19)20)17-15(18)14-11-4-6-22-13(11)5-7-23-14/h2-4,6,8,14H,5,7H2,1H3,(H,17,18)(H,19,20). The molecule has 2 aromatic rings. The van der Waals surface area contributed by atoms with E-state index in [1.54, 1.807) is 29.2 Å². The summed E-state index contributed by atoms with van der Waals surface area (Å²) in [6.45, 7) is 0. The summed E-state index contributed by atoms with van der Waals surface area (Å²) in [7, 11) is 1.40. The van der Waals surface area contributed by atoms with Gasteiger partial charge in [-0.15, -0.1) is 23.1 Å². The smallest absolute Gasteiger partial charge is 0.339 e. The minimum Gasteiger partial charge on any atom is -0.496 e. The van der Waals surface area contributed by atoms with Crippen molar-refractivity contribution in [1.82, 2.24) is 0 Å². The van der Waals surface area contributed by atoms with Gasteiger partial charge >= 0.3 is 5.97 Å². The molecule has 1 aliphatic heterocycles. The second kappa shape index (κ2) is 6.64. The Morgan fingerprint density at radius 2 is 2.17 bits per heavy atom. The number of fused-ring (bicyclic) bond motifs is 1. The van der Waals surface area contributed by atoms with Crippen molar-refractivity contribution in [2.45, 2.75) is 11.7 Å². The summed E-state index contributed by atoms with van der Waals surface area (Å²) in [5.74, 6) is -0.0138. The van der Waals surface area contributed by atoms with Crippen molar-refractivity contribution in [2.24, 2.45) is 0 Å². The number of nitrogens with one attached hydrogen (secondary N) is 1. The summed E-state index contributed by atoms with van der Waals surface area (Å²) in [6, 6.07) is 6.54. The lowest BCUT2D eigenvalue weighted by Crippen LogP contribution is -2.22. The Labute approximate surface area is 141 Å². The molecule has 1 aromatic carbocycles. The van der Waals surface area contributed by atoms with E-state index in [2.05, 4.69) is 5.32 Å². The molecule has 0 fully saturated rings. The van der Waals surface area contributed by atoms with Crippen molar-refractivity contribution in [3.05, 3.63) is 45.6 Å². The van der Waals surface area contributed by atoms with Crippen LogP contribution in [0.15, 0.2) is 29.6 Å². The fourth-order valence-electron chi connectivity index (χ4n) is 2.52. The lowest BCUT2D eigenvalue weighted by atomic mass is 10.1. The Balaban J connectivity index is 1.80. The molecule has 3 rings (SSSR count). The highest BCUT2D eigenvalue weighted by Gasteiger charge is 2.28. The quantitative estimate of drug-likeness (QED) is 0.884. The van der Waals surface area contributed by atoms with Crippen molar-refractivity contribution in [3.8, 4) is 5.75 Å². The van der Waals surface area contributed by atoms with Gasteiger partial charge in [0.15, 0.2) is 0 Å². The molecule has 7 heteroatoms. The third-order valence-corrected chi connectivity index (χ3v) is 5.85. The number of rotatable bonds is 4. The normalized spacial score (nSPS) is 16.5. The summed E-state index contributed by atoms with van der Waals surface area (Å²) < 4.78 is 5.08. The van der Waals surface area contributed by atoms with Crippen LogP contribution in [0.1, 0.15) is 26.0 Å². The summed E-state index contributed by atoms with van der Waals surface area (Å²) in [5.41, 5.74) is 1.68. The first-order valence-corrected chi connectivity index (χ1v) is 8.93. The van der Waals surface area contributed by atoms with Crippen molar-refractivity contribution in [3.63, 3.8) is 0 Å². The average Bonchev–Trinajstić information content (AvgIpc) is 3.02. The second-order valence-corrected chi connectivity index (χ2v) is 7.22. The highest BCUT2D eigenvalue weighted by Crippen LogP contribution is 2.40. The molecule has 120 valence electrons. The molecule has 1 atom stereocenters. The van der Waals surface area contributed by atoms with Gasteiger partial charge in [-0.25, -0.2) is 4.79 Å². The molecule has 0 spiro atoms. The molecular weight excluding hydrogens is 334 g/mol. The van der Waals surface area contributed by atoms with Crippen LogP contribution in [0.3, 0.4) is 0 Å². The number of methoxy groups -OCH3 is 1. The maximum atomic E-state index is 12.6. The number of ether oxygens (including phenoxy) is 1. The molecule has 0 radical (unpaired) electrons. The van der Waals surface area contributed by atoms with E-state index < -0.39 is 5.97 Å². The van der Waals surface area contributed by atoms with E-state index in [4.69, 9.17) is 9.84 Å². The van der Waals surface area contributed by atoms with Crippen LogP contribution in [0.2, 0.25) is 0 Å². The Hall–Kier alpha value is -1.99. The van der Waals surface area contributed by atoms with Crippen LogP contribution in [0.4, 0.5) is 5.69 Å². The number of aryl methyl sites for hydroxylation is 1. The number of carbonyl (C=O) groups is 2. The molecule has 1 amide bonds. The predicted octanol–water partition coefficient (Wildman–Crippen LogP) is 3.42. The molecule has 23 heavy (non-hydrogen) atoms. The number of carboxylic acids is 1. The summed E-state index contributed by atoms with van der Waals surface area (Å²) >= 11 is 3.31. The van der Waals surface area contributed by atoms with Crippen molar-refractivity contribution in [2.75, 3.05) is 18.2 Å². The van der Waals surface area contributed by atoms with Gasteiger partial charge in [-0.1, -0.05) is 0 Å².